The maximum absolute atomic E-state index is 5.79. The molecule has 0 spiro atoms. The fourth-order valence-electron chi connectivity index (χ4n) is 2.49. The Morgan fingerprint density at radius 3 is 2.43 bits per heavy atom. The van der Waals surface area contributed by atoms with Gasteiger partial charge in [0, 0.05) is 12.6 Å². The Bertz CT molecular complexity index is 536. The van der Waals surface area contributed by atoms with Gasteiger partial charge < -0.3 is 10.1 Å². The maximum Gasteiger partial charge on any atom is 0.119 e. The fraction of sp³-hybridized carbons (Fsp3) is 0.368. The van der Waals surface area contributed by atoms with Crippen molar-refractivity contribution >= 4 is 0 Å². The zero-order valence-corrected chi connectivity index (χ0v) is 13.2. The van der Waals surface area contributed by atoms with Crippen LogP contribution in [0.5, 0.6) is 5.75 Å². The van der Waals surface area contributed by atoms with Crippen LogP contribution in [0.3, 0.4) is 0 Å². The standard InChI is InChI=1S/C19H25NO/c1-15(2)19(17-9-5-4-6-10-17)20-12-13-21-18-11-7-8-16(3)14-18/h4-11,14-15,19-20H,12-13H2,1-3H3. The molecule has 2 nitrogen and oxygen atoms in total. The Morgan fingerprint density at radius 1 is 1.00 bits per heavy atom. The molecule has 0 heterocycles. The molecule has 2 rings (SSSR count). The average Bonchev–Trinajstić information content (AvgIpc) is 2.48. The van der Waals surface area contributed by atoms with Gasteiger partial charge in [-0.25, -0.2) is 0 Å². The van der Waals surface area contributed by atoms with Crippen molar-refractivity contribution in [3.63, 3.8) is 0 Å². The summed E-state index contributed by atoms with van der Waals surface area (Å²) in [6.45, 7) is 8.08. The Morgan fingerprint density at radius 2 is 1.76 bits per heavy atom. The van der Waals surface area contributed by atoms with Crippen molar-refractivity contribution in [3.05, 3.63) is 65.7 Å². The summed E-state index contributed by atoms with van der Waals surface area (Å²) in [5.74, 6) is 1.49. The van der Waals surface area contributed by atoms with Gasteiger partial charge in [0.05, 0.1) is 0 Å². The van der Waals surface area contributed by atoms with Gasteiger partial charge in [-0.15, -0.1) is 0 Å². The molecular formula is C19H25NO. The molecular weight excluding hydrogens is 258 g/mol. The number of rotatable bonds is 7. The third-order valence-electron chi connectivity index (χ3n) is 3.55. The molecule has 2 aromatic carbocycles. The van der Waals surface area contributed by atoms with Gasteiger partial charge in [0.15, 0.2) is 0 Å². The van der Waals surface area contributed by atoms with Crippen molar-refractivity contribution in [1.29, 1.82) is 0 Å². The van der Waals surface area contributed by atoms with E-state index in [4.69, 9.17) is 4.74 Å². The van der Waals surface area contributed by atoms with Gasteiger partial charge in [0.2, 0.25) is 0 Å². The first-order valence-corrected chi connectivity index (χ1v) is 7.64. The number of benzene rings is 2. The van der Waals surface area contributed by atoms with Crippen LogP contribution in [-0.4, -0.2) is 13.2 Å². The zero-order chi connectivity index (χ0) is 15.1. The predicted octanol–water partition coefficient (Wildman–Crippen LogP) is 4.36. The van der Waals surface area contributed by atoms with Crippen LogP contribution in [-0.2, 0) is 0 Å². The third kappa shape index (κ3) is 4.91. The summed E-state index contributed by atoms with van der Waals surface area (Å²) in [7, 11) is 0. The summed E-state index contributed by atoms with van der Waals surface area (Å²) in [6.07, 6.45) is 0. The average molecular weight is 283 g/mol. The lowest BCUT2D eigenvalue weighted by Crippen LogP contribution is -2.29. The van der Waals surface area contributed by atoms with Crippen LogP contribution >= 0.6 is 0 Å². The summed E-state index contributed by atoms with van der Waals surface area (Å²) in [4.78, 5) is 0. The Hall–Kier alpha value is -1.80. The normalized spacial score (nSPS) is 12.4. The molecule has 0 fully saturated rings. The van der Waals surface area contributed by atoms with Crippen LogP contribution in [0.4, 0.5) is 0 Å². The van der Waals surface area contributed by atoms with Gasteiger partial charge in [-0.1, -0.05) is 56.3 Å². The van der Waals surface area contributed by atoms with E-state index in [1.165, 1.54) is 11.1 Å². The van der Waals surface area contributed by atoms with Crippen molar-refractivity contribution in [3.8, 4) is 5.75 Å². The summed E-state index contributed by atoms with van der Waals surface area (Å²) >= 11 is 0. The highest BCUT2D eigenvalue weighted by Gasteiger charge is 2.14. The molecule has 2 heteroatoms. The third-order valence-corrected chi connectivity index (χ3v) is 3.55. The van der Waals surface area contributed by atoms with Crippen molar-refractivity contribution in [2.45, 2.75) is 26.8 Å². The first-order chi connectivity index (χ1) is 10.2. The van der Waals surface area contributed by atoms with E-state index in [1.54, 1.807) is 0 Å². The Labute approximate surface area is 128 Å². The van der Waals surface area contributed by atoms with Crippen LogP contribution in [0.15, 0.2) is 54.6 Å². The van der Waals surface area contributed by atoms with Crippen molar-refractivity contribution in [1.82, 2.24) is 5.32 Å². The fourth-order valence-corrected chi connectivity index (χ4v) is 2.49. The van der Waals surface area contributed by atoms with Crippen LogP contribution in [0, 0.1) is 12.8 Å². The molecule has 21 heavy (non-hydrogen) atoms. The minimum atomic E-state index is 0.368. The summed E-state index contributed by atoms with van der Waals surface area (Å²) in [5.41, 5.74) is 2.56. The molecule has 0 aromatic heterocycles. The van der Waals surface area contributed by atoms with E-state index >= 15 is 0 Å². The van der Waals surface area contributed by atoms with E-state index in [0.29, 0.717) is 18.6 Å². The van der Waals surface area contributed by atoms with E-state index in [9.17, 15) is 0 Å². The summed E-state index contributed by atoms with van der Waals surface area (Å²) in [5, 5.41) is 3.60. The Kier molecular flexibility index (Phi) is 5.82. The van der Waals surface area contributed by atoms with Gasteiger partial charge in [-0.3, -0.25) is 0 Å². The van der Waals surface area contributed by atoms with E-state index in [2.05, 4.69) is 68.6 Å². The zero-order valence-electron chi connectivity index (χ0n) is 13.2. The van der Waals surface area contributed by atoms with E-state index in [1.807, 2.05) is 12.1 Å². The molecule has 1 N–H and O–H groups in total. The molecule has 0 saturated carbocycles. The minimum Gasteiger partial charge on any atom is -0.492 e. The molecule has 1 atom stereocenters. The molecule has 0 bridgehead atoms. The largest absolute Gasteiger partial charge is 0.492 e. The number of hydrogen-bond donors (Lipinski definition) is 1. The quantitative estimate of drug-likeness (QED) is 0.762. The van der Waals surface area contributed by atoms with Gasteiger partial charge in [0.1, 0.15) is 12.4 Å². The minimum absolute atomic E-state index is 0.368. The molecule has 0 aliphatic heterocycles. The van der Waals surface area contributed by atoms with Crippen molar-refractivity contribution in [2.24, 2.45) is 5.92 Å². The Balaban J connectivity index is 1.83. The highest BCUT2D eigenvalue weighted by molar-refractivity contribution is 5.27. The number of aryl methyl sites for hydroxylation is 1. The van der Waals surface area contributed by atoms with Crippen molar-refractivity contribution in [2.75, 3.05) is 13.2 Å². The van der Waals surface area contributed by atoms with Crippen LogP contribution in [0.25, 0.3) is 0 Å². The molecule has 0 saturated heterocycles. The van der Waals surface area contributed by atoms with E-state index in [0.717, 1.165) is 12.3 Å². The lowest BCUT2D eigenvalue weighted by molar-refractivity contribution is 0.293. The SMILES string of the molecule is Cc1cccc(OCCNC(c2ccccc2)C(C)C)c1. The highest BCUT2D eigenvalue weighted by atomic mass is 16.5. The van der Waals surface area contributed by atoms with E-state index < -0.39 is 0 Å². The lowest BCUT2D eigenvalue weighted by atomic mass is 9.96. The molecule has 0 amide bonds. The van der Waals surface area contributed by atoms with Gasteiger partial charge in [-0.2, -0.15) is 0 Å². The summed E-state index contributed by atoms with van der Waals surface area (Å²) < 4.78 is 5.79. The topological polar surface area (TPSA) is 21.3 Å². The van der Waals surface area contributed by atoms with Gasteiger partial charge in [-0.05, 0) is 36.1 Å². The second-order valence-corrected chi connectivity index (χ2v) is 5.75. The molecule has 112 valence electrons. The van der Waals surface area contributed by atoms with Crippen LogP contribution in [0.2, 0.25) is 0 Å². The molecule has 0 aliphatic carbocycles. The monoisotopic (exact) mass is 283 g/mol. The molecule has 2 aromatic rings. The number of hydrogen-bond acceptors (Lipinski definition) is 2. The first-order valence-electron chi connectivity index (χ1n) is 7.64. The van der Waals surface area contributed by atoms with Gasteiger partial charge in [0.25, 0.3) is 0 Å². The van der Waals surface area contributed by atoms with Crippen LogP contribution in [0.1, 0.15) is 31.0 Å². The maximum atomic E-state index is 5.79. The second-order valence-electron chi connectivity index (χ2n) is 5.75. The van der Waals surface area contributed by atoms with Crippen molar-refractivity contribution < 1.29 is 4.74 Å². The smallest absolute Gasteiger partial charge is 0.119 e. The van der Waals surface area contributed by atoms with E-state index in [-0.39, 0.29) is 0 Å². The van der Waals surface area contributed by atoms with Gasteiger partial charge >= 0.3 is 0 Å². The van der Waals surface area contributed by atoms with Crippen LogP contribution < -0.4 is 10.1 Å². The first kappa shape index (κ1) is 15.6. The molecule has 0 radical (unpaired) electrons. The lowest BCUT2D eigenvalue weighted by Gasteiger charge is -2.23. The summed E-state index contributed by atoms with van der Waals surface area (Å²) in [6, 6.07) is 19.1. The number of ether oxygens (including phenoxy) is 1. The highest BCUT2D eigenvalue weighted by Crippen LogP contribution is 2.21. The second kappa shape index (κ2) is 7.84. The predicted molar refractivity (Wildman–Crippen MR) is 88.7 cm³/mol. The molecule has 1 unspecified atom stereocenters. The number of nitrogens with one attached hydrogen (secondary N) is 1. The molecule has 0 aliphatic rings.